The monoisotopic (exact) mass is 380 g/mol. The van der Waals surface area contributed by atoms with Crippen molar-refractivity contribution in [3.63, 3.8) is 0 Å². The van der Waals surface area contributed by atoms with E-state index >= 15 is 0 Å². The van der Waals surface area contributed by atoms with Crippen molar-refractivity contribution in [3.05, 3.63) is 70.5 Å². The molecule has 4 rings (SSSR count). The van der Waals surface area contributed by atoms with Crippen LogP contribution in [0.15, 0.2) is 42.5 Å². The summed E-state index contributed by atoms with van der Waals surface area (Å²) in [6.45, 7) is 1.46. The third-order valence-corrected chi connectivity index (χ3v) is 5.77. The minimum atomic E-state index is -1.27. The molecular weight excluding hydrogens is 359 g/mol. The van der Waals surface area contributed by atoms with E-state index < -0.39 is 23.3 Å². The molecule has 2 aromatic carbocycles. The van der Waals surface area contributed by atoms with Gasteiger partial charge in [0.25, 0.3) is 5.91 Å². The molecule has 0 radical (unpaired) electrons. The number of halogens is 1. The van der Waals surface area contributed by atoms with Crippen molar-refractivity contribution in [2.24, 2.45) is 0 Å². The van der Waals surface area contributed by atoms with Crippen molar-refractivity contribution >= 4 is 17.7 Å². The number of amides is 3. The molecule has 0 unspecified atom stereocenters. The van der Waals surface area contributed by atoms with Crippen molar-refractivity contribution < 1.29 is 18.8 Å². The van der Waals surface area contributed by atoms with E-state index in [1.165, 1.54) is 29.8 Å². The van der Waals surface area contributed by atoms with E-state index in [2.05, 4.69) is 5.32 Å². The number of aryl methyl sites for hydroxylation is 2. The predicted molar refractivity (Wildman–Crippen MR) is 101 cm³/mol. The zero-order chi connectivity index (χ0) is 19.9. The molecular formula is C22H21FN2O3. The van der Waals surface area contributed by atoms with E-state index in [0.29, 0.717) is 17.5 Å². The molecule has 1 saturated heterocycles. The number of Topliss-reactive ketones (excluding diaryl/α,β-unsaturated/α-hetero) is 1. The van der Waals surface area contributed by atoms with Crippen LogP contribution in [-0.2, 0) is 23.2 Å². The van der Waals surface area contributed by atoms with E-state index in [9.17, 15) is 18.8 Å². The van der Waals surface area contributed by atoms with Gasteiger partial charge in [0.15, 0.2) is 5.78 Å². The van der Waals surface area contributed by atoms with Crippen LogP contribution in [0.3, 0.4) is 0 Å². The average Bonchev–Trinajstić information content (AvgIpc) is 3.26. The normalized spacial score (nSPS) is 21.0. The van der Waals surface area contributed by atoms with Crippen LogP contribution in [0.5, 0.6) is 0 Å². The molecule has 2 aromatic rings. The van der Waals surface area contributed by atoms with Gasteiger partial charge in [-0.25, -0.2) is 9.18 Å². The molecule has 6 heteroatoms. The number of ketones is 1. The fourth-order valence-corrected chi connectivity index (χ4v) is 4.12. The lowest BCUT2D eigenvalue weighted by molar-refractivity contribution is -0.131. The molecule has 1 atom stereocenters. The molecule has 1 aliphatic carbocycles. The lowest BCUT2D eigenvalue weighted by Gasteiger charge is -2.25. The molecule has 1 N–H and O–H groups in total. The number of carbonyl (C=O) groups excluding carboxylic acids is 3. The van der Waals surface area contributed by atoms with E-state index in [-0.39, 0.29) is 12.3 Å². The topological polar surface area (TPSA) is 66.5 Å². The standard InChI is InChI=1S/C22H21FN2O3/c1-2-22(17-8-10-18(23)11-9-17)20(27)25(21(28)24-22)13-19(26)16-7-6-14-4-3-5-15(14)12-16/h6-12H,2-5,13H2,1H3,(H,24,28)/t22-/m0/s1. The van der Waals surface area contributed by atoms with Gasteiger partial charge < -0.3 is 5.32 Å². The van der Waals surface area contributed by atoms with E-state index in [4.69, 9.17) is 0 Å². The first kappa shape index (κ1) is 18.3. The Labute approximate surface area is 162 Å². The van der Waals surface area contributed by atoms with Gasteiger partial charge in [0.2, 0.25) is 0 Å². The Hall–Kier alpha value is -3.02. The number of nitrogens with zero attached hydrogens (tertiary/aromatic N) is 1. The number of carbonyl (C=O) groups is 3. The summed E-state index contributed by atoms with van der Waals surface area (Å²) in [6.07, 6.45) is 3.35. The summed E-state index contributed by atoms with van der Waals surface area (Å²) in [4.78, 5) is 39.3. The fraction of sp³-hybridized carbons (Fsp3) is 0.318. The molecule has 0 aromatic heterocycles. The molecule has 1 fully saturated rings. The van der Waals surface area contributed by atoms with Gasteiger partial charge in [0.05, 0.1) is 6.54 Å². The number of nitrogens with one attached hydrogen (secondary N) is 1. The summed E-state index contributed by atoms with van der Waals surface area (Å²) in [7, 11) is 0. The number of rotatable bonds is 5. The molecule has 0 bridgehead atoms. The zero-order valence-electron chi connectivity index (χ0n) is 15.6. The van der Waals surface area contributed by atoms with Crippen LogP contribution in [0.25, 0.3) is 0 Å². The van der Waals surface area contributed by atoms with E-state index in [0.717, 1.165) is 29.7 Å². The maximum Gasteiger partial charge on any atom is 0.325 e. The Morgan fingerprint density at radius 3 is 2.54 bits per heavy atom. The number of hydrogen-bond acceptors (Lipinski definition) is 3. The first-order valence-electron chi connectivity index (χ1n) is 9.50. The second-order valence-electron chi connectivity index (χ2n) is 7.35. The lowest BCUT2D eigenvalue weighted by atomic mass is 9.87. The molecule has 1 aliphatic heterocycles. The van der Waals surface area contributed by atoms with Crippen LogP contribution >= 0.6 is 0 Å². The third kappa shape index (κ3) is 2.89. The lowest BCUT2D eigenvalue weighted by Crippen LogP contribution is -2.43. The molecule has 144 valence electrons. The molecule has 0 saturated carbocycles. The number of urea groups is 1. The van der Waals surface area contributed by atoms with Gasteiger partial charge in [0.1, 0.15) is 11.4 Å². The Morgan fingerprint density at radius 2 is 1.82 bits per heavy atom. The van der Waals surface area contributed by atoms with Gasteiger partial charge in [-0.15, -0.1) is 0 Å². The first-order valence-corrected chi connectivity index (χ1v) is 9.50. The van der Waals surface area contributed by atoms with Gasteiger partial charge in [0, 0.05) is 5.56 Å². The largest absolute Gasteiger partial charge is 0.325 e. The van der Waals surface area contributed by atoms with Crippen molar-refractivity contribution in [3.8, 4) is 0 Å². The number of fused-ring (bicyclic) bond motifs is 1. The third-order valence-electron chi connectivity index (χ3n) is 5.77. The second kappa shape index (κ2) is 6.86. The summed E-state index contributed by atoms with van der Waals surface area (Å²) in [6, 6.07) is 10.5. The van der Waals surface area contributed by atoms with Crippen LogP contribution in [0.1, 0.15) is 46.8 Å². The van der Waals surface area contributed by atoms with Crippen LogP contribution in [0.4, 0.5) is 9.18 Å². The van der Waals surface area contributed by atoms with Crippen LogP contribution in [0, 0.1) is 5.82 Å². The molecule has 5 nitrogen and oxygen atoms in total. The molecule has 1 heterocycles. The predicted octanol–water partition coefficient (Wildman–Crippen LogP) is 3.35. The first-order chi connectivity index (χ1) is 13.4. The summed E-state index contributed by atoms with van der Waals surface area (Å²) in [5.41, 5.74) is 2.16. The van der Waals surface area contributed by atoms with E-state index in [1.807, 2.05) is 12.1 Å². The Kier molecular flexibility index (Phi) is 4.49. The summed E-state index contributed by atoms with van der Waals surface area (Å²) in [5, 5.41) is 2.71. The number of imide groups is 1. The highest BCUT2D eigenvalue weighted by molar-refractivity contribution is 6.11. The molecule has 28 heavy (non-hydrogen) atoms. The van der Waals surface area contributed by atoms with Crippen molar-refractivity contribution in [2.45, 2.75) is 38.1 Å². The second-order valence-corrected chi connectivity index (χ2v) is 7.35. The Balaban J connectivity index is 1.58. The highest BCUT2D eigenvalue weighted by Crippen LogP contribution is 2.33. The molecule has 0 spiro atoms. The number of benzene rings is 2. The van der Waals surface area contributed by atoms with Gasteiger partial charge in [-0.05, 0) is 60.6 Å². The Bertz CT molecular complexity index is 970. The van der Waals surface area contributed by atoms with Crippen LogP contribution in [0.2, 0.25) is 0 Å². The quantitative estimate of drug-likeness (QED) is 0.639. The van der Waals surface area contributed by atoms with E-state index in [1.54, 1.807) is 13.0 Å². The number of hydrogen-bond donors (Lipinski definition) is 1. The molecule has 2 aliphatic rings. The average molecular weight is 380 g/mol. The van der Waals surface area contributed by atoms with Crippen molar-refractivity contribution in [1.29, 1.82) is 0 Å². The van der Waals surface area contributed by atoms with Gasteiger partial charge >= 0.3 is 6.03 Å². The highest BCUT2D eigenvalue weighted by Gasteiger charge is 2.51. The van der Waals surface area contributed by atoms with Gasteiger partial charge in [-0.2, -0.15) is 0 Å². The van der Waals surface area contributed by atoms with Gasteiger partial charge in [-0.3, -0.25) is 14.5 Å². The molecule has 3 amide bonds. The smallest absolute Gasteiger partial charge is 0.319 e. The highest BCUT2D eigenvalue weighted by atomic mass is 19.1. The Morgan fingerprint density at radius 1 is 1.11 bits per heavy atom. The van der Waals surface area contributed by atoms with Crippen molar-refractivity contribution in [1.82, 2.24) is 10.2 Å². The summed E-state index contributed by atoms with van der Waals surface area (Å²) in [5.74, 6) is -1.18. The van der Waals surface area contributed by atoms with Gasteiger partial charge in [-0.1, -0.05) is 31.2 Å². The summed E-state index contributed by atoms with van der Waals surface area (Å²) < 4.78 is 13.3. The minimum absolute atomic E-state index is 0.274. The van der Waals surface area contributed by atoms with Crippen LogP contribution < -0.4 is 5.32 Å². The minimum Gasteiger partial charge on any atom is -0.319 e. The zero-order valence-corrected chi connectivity index (χ0v) is 15.6. The SMILES string of the molecule is CC[C@@]1(c2ccc(F)cc2)NC(=O)N(CC(=O)c2ccc3c(c2)CCC3)C1=O. The van der Waals surface area contributed by atoms with Crippen LogP contribution in [-0.4, -0.2) is 29.2 Å². The maximum atomic E-state index is 13.3. The summed E-state index contributed by atoms with van der Waals surface area (Å²) >= 11 is 0. The fourth-order valence-electron chi connectivity index (χ4n) is 4.12. The maximum absolute atomic E-state index is 13.3. The van der Waals surface area contributed by atoms with Crippen molar-refractivity contribution in [2.75, 3.05) is 6.54 Å².